The molecule has 0 aliphatic heterocycles. The number of pyridine rings is 1. The fourth-order valence-corrected chi connectivity index (χ4v) is 1.75. The van der Waals surface area contributed by atoms with E-state index in [1.54, 1.807) is 6.20 Å². The smallest absolute Gasteiger partial charge is 0.128 e. The summed E-state index contributed by atoms with van der Waals surface area (Å²) in [7, 11) is 1.97. The number of nitrogen functional groups attached to an aromatic ring is 1. The molecule has 0 aliphatic rings. The minimum atomic E-state index is 0.303. The highest BCUT2D eigenvalue weighted by Crippen LogP contribution is 2.25. The lowest BCUT2D eigenvalue weighted by Crippen LogP contribution is -2.20. The second kappa shape index (κ2) is 5.12. The summed E-state index contributed by atoms with van der Waals surface area (Å²) >= 11 is 0. The Morgan fingerprint density at radius 3 is 2.67 bits per heavy atom. The van der Waals surface area contributed by atoms with Gasteiger partial charge < -0.3 is 11.1 Å². The average Bonchev–Trinajstić information content (AvgIpc) is 2.18. The van der Waals surface area contributed by atoms with E-state index < -0.39 is 0 Å². The normalized spacial score (nSPS) is 13.1. The summed E-state index contributed by atoms with van der Waals surface area (Å²) in [6.45, 7) is 6.46. The van der Waals surface area contributed by atoms with Crippen LogP contribution in [0.4, 0.5) is 5.82 Å². The van der Waals surface area contributed by atoms with Crippen molar-refractivity contribution >= 4 is 5.82 Å². The number of hydrogen-bond acceptors (Lipinski definition) is 3. The molecule has 0 aliphatic carbocycles. The number of rotatable bonds is 4. The van der Waals surface area contributed by atoms with Crippen molar-refractivity contribution in [3.8, 4) is 0 Å². The highest BCUT2D eigenvalue weighted by atomic mass is 14.9. The van der Waals surface area contributed by atoms with Gasteiger partial charge in [-0.25, -0.2) is 4.98 Å². The Balaban J connectivity index is 2.95. The lowest BCUT2D eigenvalue weighted by Gasteiger charge is -2.20. The molecule has 0 spiro atoms. The maximum Gasteiger partial charge on any atom is 0.128 e. The summed E-state index contributed by atoms with van der Waals surface area (Å²) in [6.07, 6.45) is 2.88. The van der Waals surface area contributed by atoms with Gasteiger partial charge in [0.05, 0.1) is 0 Å². The molecule has 1 aromatic rings. The summed E-state index contributed by atoms with van der Waals surface area (Å²) in [5.41, 5.74) is 8.16. The SMILES string of the molecule is CNC(CC(C)C)c1cc(C)cnc1N. The largest absolute Gasteiger partial charge is 0.383 e. The average molecular weight is 207 g/mol. The second-order valence-corrected chi connectivity index (χ2v) is 4.46. The van der Waals surface area contributed by atoms with Crippen molar-refractivity contribution < 1.29 is 0 Å². The van der Waals surface area contributed by atoms with E-state index in [0.29, 0.717) is 17.8 Å². The maximum absolute atomic E-state index is 5.89. The topological polar surface area (TPSA) is 50.9 Å². The predicted octanol–water partition coefficient (Wildman–Crippen LogP) is 2.28. The molecular weight excluding hydrogens is 186 g/mol. The van der Waals surface area contributed by atoms with Gasteiger partial charge >= 0.3 is 0 Å². The van der Waals surface area contributed by atoms with Crippen LogP contribution in [0.5, 0.6) is 0 Å². The Morgan fingerprint density at radius 1 is 1.47 bits per heavy atom. The van der Waals surface area contributed by atoms with Crippen LogP contribution in [0.2, 0.25) is 0 Å². The zero-order valence-electron chi connectivity index (χ0n) is 10.0. The van der Waals surface area contributed by atoms with Crippen LogP contribution in [0.3, 0.4) is 0 Å². The highest BCUT2D eigenvalue weighted by molar-refractivity contribution is 5.42. The Kier molecular flexibility index (Phi) is 4.09. The molecule has 0 bridgehead atoms. The van der Waals surface area contributed by atoms with Crippen molar-refractivity contribution in [1.29, 1.82) is 0 Å². The number of nitrogens with one attached hydrogen (secondary N) is 1. The monoisotopic (exact) mass is 207 g/mol. The fraction of sp³-hybridized carbons (Fsp3) is 0.583. The van der Waals surface area contributed by atoms with Gasteiger partial charge in [0.25, 0.3) is 0 Å². The van der Waals surface area contributed by atoms with Gasteiger partial charge in [0, 0.05) is 17.8 Å². The van der Waals surface area contributed by atoms with Crippen molar-refractivity contribution in [2.75, 3.05) is 12.8 Å². The van der Waals surface area contributed by atoms with Gasteiger partial charge in [0.1, 0.15) is 5.82 Å². The molecule has 0 radical (unpaired) electrons. The third kappa shape index (κ3) is 3.20. The lowest BCUT2D eigenvalue weighted by molar-refractivity contribution is 0.457. The van der Waals surface area contributed by atoms with Crippen molar-refractivity contribution in [3.63, 3.8) is 0 Å². The van der Waals surface area contributed by atoms with Crippen molar-refractivity contribution in [2.45, 2.75) is 33.2 Å². The Morgan fingerprint density at radius 2 is 2.13 bits per heavy atom. The first kappa shape index (κ1) is 12.0. The molecule has 1 heterocycles. The van der Waals surface area contributed by atoms with E-state index in [-0.39, 0.29) is 0 Å². The number of anilines is 1. The molecule has 0 amide bonds. The molecule has 15 heavy (non-hydrogen) atoms. The highest BCUT2D eigenvalue weighted by Gasteiger charge is 2.14. The molecule has 3 nitrogen and oxygen atoms in total. The molecule has 3 heteroatoms. The molecular formula is C12H21N3. The number of aromatic nitrogens is 1. The van der Waals surface area contributed by atoms with Crippen LogP contribution in [-0.2, 0) is 0 Å². The number of nitrogens with zero attached hydrogens (tertiary/aromatic N) is 1. The first-order valence-corrected chi connectivity index (χ1v) is 5.44. The predicted molar refractivity (Wildman–Crippen MR) is 64.6 cm³/mol. The van der Waals surface area contributed by atoms with Crippen LogP contribution in [0.1, 0.15) is 37.4 Å². The molecule has 1 rings (SSSR count). The molecule has 1 unspecified atom stereocenters. The number of hydrogen-bond donors (Lipinski definition) is 2. The van der Waals surface area contributed by atoms with Crippen molar-refractivity contribution in [2.24, 2.45) is 5.92 Å². The Bertz CT molecular complexity index is 321. The van der Waals surface area contributed by atoms with Crippen molar-refractivity contribution in [1.82, 2.24) is 10.3 Å². The first-order valence-electron chi connectivity index (χ1n) is 5.44. The maximum atomic E-state index is 5.89. The van der Waals surface area contributed by atoms with E-state index in [9.17, 15) is 0 Å². The standard InChI is InChI=1S/C12H21N3/c1-8(2)5-11(14-4)10-6-9(3)7-15-12(10)13/h6-8,11,14H,5H2,1-4H3,(H2,13,15). The van der Waals surface area contributed by atoms with Gasteiger partial charge in [-0.2, -0.15) is 0 Å². The van der Waals surface area contributed by atoms with Crippen LogP contribution in [-0.4, -0.2) is 12.0 Å². The molecule has 1 atom stereocenters. The molecule has 1 aromatic heterocycles. The van der Waals surface area contributed by atoms with E-state index in [1.807, 2.05) is 14.0 Å². The summed E-state index contributed by atoms with van der Waals surface area (Å²) in [5.74, 6) is 1.28. The third-order valence-corrected chi connectivity index (χ3v) is 2.52. The van der Waals surface area contributed by atoms with Crippen LogP contribution in [0.25, 0.3) is 0 Å². The zero-order valence-corrected chi connectivity index (χ0v) is 10.0. The van der Waals surface area contributed by atoms with Crippen LogP contribution < -0.4 is 11.1 Å². The van der Waals surface area contributed by atoms with Crippen molar-refractivity contribution in [3.05, 3.63) is 23.4 Å². The summed E-state index contributed by atoms with van der Waals surface area (Å²) < 4.78 is 0. The number of nitrogens with two attached hydrogens (primary N) is 1. The van der Waals surface area contributed by atoms with Gasteiger partial charge in [0.2, 0.25) is 0 Å². The molecule has 0 fully saturated rings. The van der Waals surface area contributed by atoms with E-state index in [1.165, 1.54) is 0 Å². The first-order chi connectivity index (χ1) is 7.04. The summed E-state index contributed by atoms with van der Waals surface area (Å²) in [6, 6.07) is 2.42. The molecule has 3 N–H and O–H groups in total. The van der Waals surface area contributed by atoms with Gasteiger partial charge in [-0.3, -0.25) is 0 Å². The third-order valence-electron chi connectivity index (χ3n) is 2.52. The Labute approximate surface area is 92.1 Å². The second-order valence-electron chi connectivity index (χ2n) is 4.46. The van der Waals surface area contributed by atoms with E-state index in [0.717, 1.165) is 17.5 Å². The summed E-state index contributed by atoms with van der Waals surface area (Å²) in [5, 5.41) is 3.30. The molecule has 0 aromatic carbocycles. The van der Waals surface area contributed by atoms with E-state index in [2.05, 4.69) is 30.2 Å². The fourth-order valence-electron chi connectivity index (χ4n) is 1.75. The van der Waals surface area contributed by atoms with Gasteiger partial charge in [-0.1, -0.05) is 13.8 Å². The van der Waals surface area contributed by atoms with E-state index in [4.69, 9.17) is 5.73 Å². The minimum Gasteiger partial charge on any atom is -0.383 e. The van der Waals surface area contributed by atoms with E-state index >= 15 is 0 Å². The lowest BCUT2D eigenvalue weighted by atomic mass is 9.97. The van der Waals surface area contributed by atoms with Crippen LogP contribution in [0.15, 0.2) is 12.3 Å². The quantitative estimate of drug-likeness (QED) is 0.796. The molecule has 84 valence electrons. The van der Waals surface area contributed by atoms with Gasteiger partial charge in [-0.15, -0.1) is 0 Å². The zero-order chi connectivity index (χ0) is 11.4. The Hall–Kier alpha value is -1.09. The minimum absolute atomic E-state index is 0.303. The summed E-state index contributed by atoms with van der Waals surface area (Å²) in [4.78, 5) is 4.19. The molecule has 0 saturated heterocycles. The van der Waals surface area contributed by atoms with Gasteiger partial charge in [0.15, 0.2) is 0 Å². The van der Waals surface area contributed by atoms with Crippen LogP contribution >= 0.6 is 0 Å². The van der Waals surface area contributed by atoms with Crippen LogP contribution in [0, 0.1) is 12.8 Å². The molecule has 0 saturated carbocycles. The number of aryl methyl sites for hydroxylation is 1. The van der Waals surface area contributed by atoms with Gasteiger partial charge in [-0.05, 0) is 37.9 Å².